The predicted octanol–water partition coefficient (Wildman–Crippen LogP) is 1.34. The highest BCUT2D eigenvalue weighted by atomic mass is 32.2. The molecule has 0 bridgehead atoms. The molecule has 2 heterocycles. The van der Waals surface area contributed by atoms with Crippen LogP contribution in [0, 0.1) is 11.7 Å². The first-order chi connectivity index (χ1) is 10.8. The van der Waals surface area contributed by atoms with Gasteiger partial charge >= 0.3 is 0 Å². The molecule has 0 aliphatic carbocycles. The lowest BCUT2D eigenvalue weighted by molar-refractivity contribution is -0.123. The summed E-state index contributed by atoms with van der Waals surface area (Å²) in [6, 6.07) is 4.55. The Labute approximate surface area is 135 Å². The van der Waals surface area contributed by atoms with Crippen molar-refractivity contribution >= 4 is 21.4 Å². The zero-order valence-electron chi connectivity index (χ0n) is 13.2. The van der Waals surface area contributed by atoms with Gasteiger partial charge in [0, 0.05) is 11.7 Å². The van der Waals surface area contributed by atoms with Gasteiger partial charge in [-0.3, -0.25) is 10.1 Å². The Kier molecular flexibility index (Phi) is 4.18. The zero-order valence-corrected chi connectivity index (χ0v) is 14.0. The lowest BCUT2D eigenvalue weighted by atomic mass is 9.95. The van der Waals surface area contributed by atoms with Crippen LogP contribution in [0.1, 0.15) is 20.3 Å². The van der Waals surface area contributed by atoms with Gasteiger partial charge in [0.25, 0.3) is 0 Å². The maximum Gasteiger partial charge on any atom is 0.244 e. The Bertz CT molecular complexity index is 703. The average molecular weight is 340 g/mol. The fraction of sp³-hybridized carbons (Fsp3) is 0.562. The van der Waals surface area contributed by atoms with Crippen molar-refractivity contribution in [1.82, 2.24) is 5.32 Å². The summed E-state index contributed by atoms with van der Waals surface area (Å²) in [7, 11) is -3.18. The number of halogens is 1. The number of benzene rings is 1. The molecule has 1 aromatic carbocycles. The SMILES string of the molecule is CC(C)C[C@@H]1N[C@@H]2CS(=O)(=O)C[C@@H]2N(c2ccc(F)cc2)C1=O. The third kappa shape index (κ3) is 3.26. The Morgan fingerprint density at radius 1 is 1.26 bits per heavy atom. The number of anilines is 1. The van der Waals surface area contributed by atoms with Crippen molar-refractivity contribution in [2.75, 3.05) is 16.4 Å². The second kappa shape index (κ2) is 5.87. The van der Waals surface area contributed by atoms with Crippen LogP contribution in [0.5, 0.6) is 0 Å². The Morgan fingerprint density at radius 2 is 1.91 bits per heavy atom. The third-order valence-corrected chi connectivity index (χ3v) is 6.13. The molecule has 0 unspecified atom stereocenters. The molecule has 23 heavy (non-hydrogen) atoms. The predicted molar refractivity (Wildman–Crippen MR) is 86.5 cm³/mol. The Balaban J connectivity index is 1.98. The molecule has 2 aliphatic rings. The molecule has 1 amide bonds. The van der Waals surface area contributed by atoms with Crippen LogP contribution in [0.25, 0.3) is 0 Å². The van der Waals surface area contributed by atoms with Gasteiger partial charge in [0.05, 0.1) is 23.6 Å². The topological polar surface area (TPSA) is 66.5 Å². The first kappa shape index (κ1) is 16.4. The summed E-state index contributed by atoms with van der Waals surface area (Å²) in [5.41, 5.74) is 0.554. The van der Waals surface area contributed by atoms with E-state index in [2.05, 4.69) is 5.32 Å². The van der Waals surface area contributed by atoms with E-state index >= 15 is 0 Å². The summed E-state index contributed by atoms with van der Waals surface area (Å²) < 4.78 is 37.2. The molecule has 0 radical (unpaired) electrons. The second-order valence-corrected chi connectivity index (χ2v) is 8.94. The summed E-state index contributed by atoms with van der Waals surface area (Å²) in [6.45, 7) is 4.04. The maximum absolute atomic E-state index is 13.2. The van der Waals surface area contributed by atoms with Gasteiger partial charge in [0.15, 0.2) is 9.84 Å². The monoisotopic (exact) mass is 340 g/mol. The molecule has 5 nitrogen and oxygen atoms in total. The standard InChI is InChI=1S/C16H21FN2O3S/c1-10(2)7-13-16(20)19(12-5-3-11(17)4-6-12)15-9-23(21,22)8-14(15)18-13/h3-6,10,13-15,18H,7-9H2,1-2H3/t13-,14+,15-/m0/s1. The zero-order chi connectivity index (χ0) is 16.8. The van der Waals surface area contributed by atoms with E-state index in [1.807, 2.05) is 13.8 Å². The van der Waals surface area contributed by atoms with Gasteiger partial charge in [-0.05, 0) is 36.6 Å². The van der Waals surface area contributed by atoms with Gasteiger partial charge in [-0.1, -0.05) is 13.8 Å². The van der Waals surface area contributed by atoms with E-state index < -0.39 is 21.9 Å². The molecule has 126 valence electrons. The molecule has 0 aromatic heterocycles. The van der Waals surface area contributed by atoms with Gasteiger partial charge in [0.2, 0.25) is 5.91 Å². The van der Waals surface area contributed by atoms with Crippen molar-refractivity contribution in [2.45, 2.75) is 38.4 Å². The number of rotatable bonds is 3. The van der Waals surface area contributed by atoms with E-state index in [1.165, 1.54) is 24.3 Å². The molecular weight excluding hydrogens is 319 g/mol. The van der Waals surface area contributed by atoms with Crippen LogP contribution in [0.2, 0.25) is 0 Å². The molecular formula is C16H21FN2O3S. The van der Waals surface area contributed by atoms with E-state index in [9.17, 15) is 17.6 Å². The van der Waals surface area contributed by atoms with Crippen LogP contribution >= 0.6 is 0 Å². The number of nitrogens with zero attached hydrogens (tertiary/aromatic N) is 1. The number of piperazine rings is 1. The normalized spacial score (nSPS) is 29.8. The molecule has 1 aromatic rings. The van der Waals surface area contributed by atoms with Crippen LogP contribution in [0.15, 0.2) is 24.3 Å². The van der Waals surface area contributed by atoms with Gasteiger partial charge < -0.3 is 4.90 Å². The van der Waals surface area contributed by atoms with E-state index in [1.54, 1.807) is 4.90 Å². The first-order valence-corrected chi connectivity index (χ1v) is 9.64. The van der Waals surface area contributed by atoms with Crippen molar-refractivity contribution in [3.8, 4) is 0 Å². The number of hydrogen-bond donors (Lipinski definition) is 1. The molecule has 3 rings (SSSR count). The van der Waals surface area contributed by atoms with Crippen molar-refractivity contribution in [3.05, 3.63) is 30.1 Å². The summed E-state index contributed by atoms with van der Waals surface area (Å²) in [4.78, 5) is 14.4. The number of nitrogens with one attached hydrogen (secondary N) is 1. The summed E-state index contributed by atoms with van der Waals surface area (Å²) in [5, 5.41) is 3.22. The van der Waals surface area contributed by atoms with Gasteiger partial charge in [-0.15, -0.1) is 0 Å². The van der Waals surface area contributed by atoms with Crippen molar-refractivity contribution in [3.63, 3.8) is 0 Å². The smallest absolute Gasteiger partial charge is 0.244 e. The number of fused-ring (bicyclic) bond motifs is 1. The Hall–Kier alpha value is -1.47. The lowest BCUT2D eigenvalue weighted by Crippen LogP contribution is -2.65. The molecule has 0 saturated carbocycles. The fourth-order valence-electron chi connectivity index (χ4n) is 3.46. The number of amides is 1. The number of carbonyl (C=O) groups excluding carboxylic acids is 1. The number of sulfone groups is 1. The van der Waals surface area contributed by atoms with E-state index in [0.717, 1.165) is 0 Å². The van der Waals surface area contributed by atoms with Gasteiger partial charge in [0.1, 0.15) is 5.82 Å². The van der Waals surface area contributed by atoms with Crippen LogP contribution in [0.3, 0.4) is 0 Å². The highest BCUT2D eigenvalue weighted by molar-refractivity contribution is 7.91. The number of carbonyl (C=O) groups is 1. The molecule has 0 spiro atoms. The molecule has 2 aliphatic heterocycles. The number of hydrogen-bond acceptors (Lipinski definition) is 4. The molecule has 2 fully saturated rings. The summed E-state index contributed by atoms with van der Waals surface area (Å²) in [6.07, 6.45) is 0.639. The van der Waals surface area contributed by atoms with E-state index in [0.29, 0.717) is 18.0 Å². The highest BCUT2D eigenvalue weighted by Crippen LogP contribution is 2.30. The van der Waals surface area contributed by atoms with Crippen LogP contribution in [-0.2, 0) is 14.6 Å². The van der Waals surface area contributed by atoms with Crippen LogP contribution < -0.4 is 10.2 Å². The minimum atomic E-state index is -3.18. The third-order valence-electron chi connectivity index (χ3n) is 4.42. The Morgan fingerprint density at radius 3 is 2.52 bits per heavy atom. The minimum Gasteiger partial charge on any atom is -0.305 e. The lowest BCUT2D eigenvalue weighted by Gasteiger charge is -2.42. The molecule has 2 saturated heterocycles. The second-order valence-electron chi connectivity index (χ2n) is 6.78. The van der Waals surface area contributed by atoms with Gasteiger partial charge in [-0.2, -0.15) is 0 Å². The molecule has 3 atom stereocenters. The van der Waals surface area contributed by atoms with Crippen LogP contribution in [-0.4, -0.2) is 44.0 Å². The average Bonchev–Trinajstić information content (AvgIpc) is 2.74. The van der Waals surface area contributed by atoms with Crippen molar-refractivity contribution in [1.29, 1.82) is 0 Å². The largest absolute Gasteiger partial charge is 0.305 e. The van der Waals surface area contributed by atoms with E-state index in [4.69, 9.17) is 0 Å². The quantitative estimate of drug-likeness (QED) is 0.902. The summed E-state index contributed by atoms with van der Waals surface area (Å²) >= 11 is 0. The van der Waals surface area contributed by atoms with Gasteiger partial charge in [-0.25, -0.2) is 12.8 Å². The van der Waals surface area contributed by atoms with Crippen LogP contribution in [0.4, 0.5) is 10.1 Å². The summed E-state index contributed by atoms with van der Waals surface area (Å²) in [5.74, 6) is -0.227. The maximum atomic E-state index is 13.2. The highest BCUT2D eigenvalue weighted by Gasteiger charge is 2.49. The minimum absolute atomic E-state index is 0.0389. The first-order valence-electron chi connectivity index (χ1n) is 7.82. The molecule has 7 heteroatoms. The van der Waals surface area contributed by atoms with E-state index in [-0.39, 0.29) is 29.3 Å². The molecule has 1 N–H and O–H groups in total. The van der Waals surface area contributed by atoms with Crippen molar-refractivity contribution < 1.29 is 17.6 Å². The fourth-order valence-corrected chi connectivity index (χ4v) is 5.37. The van der Waals surface area contributed by atoms with Crippen molar-refractivity contribution in [2.24, 2.45) is 5.92 Å².